The highest BCUT2D eigenvalue weighted by atomic mass is 14.9. The monoisotopic (exact) mass is 86.1 g/mol. The summed E-state index contributed by atoms with van der Waals surface area (Å²) in [5.41, 5.74) is 10.8. The fourth-order valence-electron chi connectivity index (χ4n) is 0.415. The van der Waals surface area contributed by atoms with Crippen LogP contribution in [0.2, 0.25) is 0 Å². The van der Waals surface area contributed by atoms with Crippen LogP contribution in [0.15, 0.2) is 0 Å². The van der Waals surface area contributed by atoms with Crippen molar-refractivity contribution in [2.45, 2.75) is 24.9 Å². The second-order valence-electron chi connectivity index (χ2n) is 2.32. The number of nitrogens with two attached hydrogens (primary N) is 2. The van der Waals surface area contributed by atoms with Crippen LogP contribution in [-0.2, 0) is 0 Å². The molecule has 0 heterocycles. The zero-order chi connectivity index (χ0) is 4.78. The van der Waals surface area contributed by atoms with Gasteiger partial charge in [0.1, 0.15) is 0 Å². The maximum atomic E-state index is 5.48. The van der Waals surface area contributed by atoms with Crippen molar-refractivity contribution >= 4 is 0 Å². The molecule has 1 aliphatic carbocycles. The van der Waals surface area contributed by atoms with Gasteiger partial charge in [0.15, 0.2) is 0 Å². The topological polar surface area (TPSA) is 52.0 Å². The standard InChI is InChI=1S/C4H10N2/c1-4(6)2-3(4)5/h3H,2,5-6H2,1H3/t3-,4?/m1/s1. The lowest BCUT2D eigenvalue weighted by molar-refractivity contribution is 0.721. The van der Waals surface area contributed by atoms with E-state index >= 15 is 0 Å². The summed E-state index contributed by atoms with van der Waals surface area (Å²) in [5, 5.41) is 0. The van der Waals surface area contributed by atoms with Crippen LogP contribution >= 0.6 is 0 Å². The molecule has 0 aromatic carbocycles. The van der Waals surface area contributed by atoms with Crippen molar-refractivity contribution < 1.29 is 0 Å². The molecule has 1 rings (SSSR count). The Balaban J connectivity index is 2.41. The predicted molar refractivity (Wildman–Crippen MR) is 25.2 cm³/mol. The largest absolute Gasteiger partial charge is 0.326 e. The van der Waals surface area contributed by atoms with Crippen LogP contribution in [0, 0.1) is 0 Å². The molecule has 0 aromatic heterocycles. The summed E-state index contributed by atoms with van der Waals surface area (Å²) < 4.78 is 0. The third kappa shape index (κ3) is 0.420. The van der Waals surface area contributed by atoms with E-state index in [0.29, 0.717) is 0 Å². The van der Waals surface area contributed by atoms with Gasteiger partial charge in [-0.25, -0.2) is 0 Å². The van der Waals surface area contributed by atoms with Crippen LogP contribution in [0.25, 0.3) is 0 Å². The summed E-state index contributed by atoms with van der Waals surface area (Å²) in [6.07, 6.45) is 0.993. The molecule has 0 aliphatic heterocycles. The molecule has 0 spiro atoms. The van der Waals surface area contributed by atoms with Gasteiger partial charge in [-0.15, -0.1) is 0 Å². The first-order valence-corrected chi connectivity index (χ1v) is 2.17. The maximum Gasteiger partial charge on any atom is 0.0295 e. The van der Waals surface area contributed by atoms with Gasteiger partial charge >= 0.3 is 0 Å². The van der Waals surface area contributed by atoms with Gasteiger partial charge in [-0.3, -0.25) is 0 Å². The minimum Gasteiger partial charge on any atom is -0.326 e. The number of hydrogen-bond acceptors (Lipinski definition) is 2. The second kappa shape index (κ2) is 0.768. The van der Waals surface area contributed by atoms with Gasteiger partial charge in [-0.1, -0.05) is 0 Å². The molecule has 2 nitrogen and oxygen atoms in total. The van der Waals surface area contributed by atoms with Crippen LogP contribution in [0.3, 0.4) is 0 Å². The van der Waals surface area contributed by atoms with Crippen molar-refractivity contribution in [3.63, 3.8) is 0 Å². The fourth-order valence-corrected chi connectivity index (χ4v) is 0.415. The maximum absolute atomic E-state index is 5.48. The number of rotatable bonds is 0. The van der Waals surface area contributed by atoms with Crippen LogP contribution in [-0.4, -0.2) is 11.6 Å². The lowest BCUT2D eigenvalue weighted by Crippen LogP contribution is -2.26. The molecular weight excluding hydrogens is 76.1 g/mol. The van der Waals surface area contributed by atoms with E-state index in [4.69, 9.17) is 11.5 Å². The highest BCUT2D eigenvalue weighted by Crippen LogP contribution is 2.29. The smallest absolute Gasteiger partial charge is 0.0295 e. The molecule has 6 heavy (non-hydrogen) atoms. The summed E-state index contributed by atoms with van der Waals surface area (Å²) in [6, 6.07) is 0.275. The molecule has 1 unspecified atom stereocenters. The molecule has 0 aromatic rings. The molecule has 4 N–H and O–H groups in total. The van der Waals surface area contributed by atoms with Gasteiger partial charge < -0.3 is 11.5 Å². The molecular formula is C4H10N2. The average Bonchev–Trinajstić information content (AvgIpc) is 1.73. The first kappa shape index (κ1) is 4.09. The minimum atomic E-state index is -0.0139. The van der Waals surface area contributed by atoms with Gasteiger partial charge in [0, 0.05) is 11.6 Å². The highest BCUT2D eigenvalue weighted by molar-refractivity contribution is 5.07. The van der Waals surface area contributed by atoms with E-state index in [1.165, 1.54) is 0 Å². The molecule has 1 fully saturated rings. The van der Waals surface area contributed by atoms with Gasteiger partial charge in [-0.2, -0.15) is 0 Å². The Hall–Kier alpha value is -0.0800. The zero-order valence-electron chi connectivity index (χ0n) is 3.94. The minimum absolute atomic E-state index is 0.0139. The Morgan fingerprint density at radius 2 is 2.00 bits per heavy atom. The molecule has 36 valence electrons. The molecule has 2 heteroatoms. The molecule has 1 aliphatic rings. The molecule has 0 amide bonds. The molecule has 1 saturated carbocycles. The van der Waals surface area contributed by atoms with E-state index in [0.717, 1.165) is 6.42 Å². The van der Waals surface area contributed by atoms with Gasteiger partial charge in [-0.05, 0) is 13.3 Å². The Bertz CT molecular complexity index is 67.9. The average molecular weight is 86.1 g/mol. The van der Waals surface area contributed by atoms with Crippen LogP contribution in [0.5, 0.6) is 0 Å². The summed E-state index contributed by atoms with van der Waals surface area (Å²) in [7, 11) is 0. The van der Waals surface area contributed by atoms with Gasteiger partial charge in [0.2, 0.25) is 0 Å². The SMILES string of the molecule is CC1(N)C[C@H]1N. The fraction of sp³-hybridized carbons (Fsp3) is 1.00. The Labute approximate surface area is 37.5 Å². The predicted octanol–water partition coefficient (Wildman–Crippen LogP) is -0.565. The summed E-state index contributed by atoms with van der Waals surface area (Å²) in [5.74, 6) is 0. The Morgan fingerprint density at radius 3 is 2.00 bits per heavy atom. The van der Waals surface area contributed by atoms with Crippen molar-refractivity contribution in [3.8, 4) is 0 Å². The molecule has 0 radical (unpaired) electrons. The Kier molecular flexibility index (Phi) is 0.524. The van der Waals surface area contributed by atoms with Crippen molar-refractivity contribution in [1.82, 2.24) is 0 Å². The van der Waals surface area contributed by atoms with Gasteiger partial charge in [0.05, 0.1) is 0 Å². The quantitative estimate of drug-likeness (QED) is 0.415. The normalized spacial score (nSPS) is 55.5. The first-order chi connectivity index (χ1) is 2.63. The lowest BCUT2D eigenvalue weighted by atomic mass is 10.3. The molecule has 0 saturated heterocycles. The number of hydrogen-bond donors (Lipinski definition) is 2. The van der Waals surface area contributed by atoms with E-state index in [1.54, 1.807) is 0 Å². The lowest BCUT2D eigenvalue weighted by Gasteiger charge is -1.93. The highest BCUT2D eigenvalue weighted by Gasteiger charge is 2.43. The van der Waals surface area contributed by atoms with Crippen LogP contribution < -0.4 is 11.5 Å². The van der Waals surface area contributed by atoms with E-state index in [9.17, 15) is 0 Å². The third-order valence-electron chi connectivity index (χ3n) is 1.35. The Morgan fingerprint density at radius 1 is 1.83 bits per heavy atom. The van der Waals surface area contributed by atoms with Crippen molar-refractivity contribution in [1.29, 1.82) is 0 Å². The van der Waals surface area contributed by atoms with Crippen LogP contribution in [0.1, 0.15) is 13.3 Å². The molecule has 0 bridgehead atoms. The zero-order valence-corrected chi connectivity index (χ0v) is 3.94. The molecule has 2 atom stereocenters. The van der Waals surface area contributed by atoms with Crippen LogP contribution in [0.4, 0.5) is 0 Å². The van der Waals surface area contributed by atoms with E-state index < -0.39 is 0 Å². The third-order valence-corrected chi connectivity index (χ3v) is 1.35. The second-order valence-corrected chi connectivity index (χ2v) is 2.32. The van der Waals surface area contributed by atoms with Crippen molar-refractivity contribution in [2.24, 2.45) is 11.5 Å². The summed E-state index contributed by atoms with van der Waals surface area (Å²) >= 11 is 0. The summed E-state index contributed by atoms with van der Waals surface area (Å²) in [4.78, 5) is 0. The summed E-state index contributed by atoms with van der Waals surface area (Å²) in [6.45, 7) is 1.97. The van der Waals surface area contributed by atoms with Crippen molar-refractivity contribution in [2.75, 3.05) is 0 Å². The van der Waals surface area contributed by atoms with Crippen molar-refractivity contribution in [3.05, 3.63) is 0 Å². The van der Waals surface area contributed by atoms with E-state index in [1.807, 2.05) is 6.92 Å². The van der Waals surface area contributed by atoms with E-state index in [2.05, 4.69) is 0 Å². The first-order valence-electron chi connectivity index (χ1n) is 2.17. The van der Waals surface area contributed by atoms with Gasteiger partial charge in [0.25, 0.3) is 0 Å². The van der Waals surface area contributed by atoms with E-state index in [-0.39, 0.29) is 11.6 Å².